The van der Waals surface area contributed by atoms with E-state index in [0.29, 0.717) is 30.1 Å². The third-order valence-corrected chi connectivity index (χ3v) is 3.63. The Balaban J connectivity index is 2.23. The van der Waals surface area contributed by atoms with Crippen LogP contribution in [0.1, 0.15) is 23.9 Å². The van der Waals surface area contributed by atoms with Crippen molar-refractivity contribution in [3.05, 3.63) is 47.3 Å². The van der Waals surface area contributed by atoms with Gasteiger partial charge in [0, 0.05) is 23.5 Å². The van der Waals surface area contributed by atoms with Crippen LogP contribution in [0.25, 0.3) is 0 Å². The van der Waals surface area contributed by atoms with Gasteiger partial charge in [-0.3, -0.25) is 5.32 Å². The highest BCUT2D eigenvalue weighted by Crippen LogP contribution is 2.18. The highest BCUT2D eigenvalue weighted by molar-refractivity contribution is 7.80. The van der Waals surface area contributed by atoms with Crippen molar-refractivity contribution < 1.29 is 4.74 Å². The van der Waals surface area contributed by atoms with Crippen molar-refractivity contribution in [2.45, 2.75) is 27.3 Å². The molecule has 0 aliphatic heterocycles. The van der Waals surface area contributed by atoms with Gasteiger partial charge >= 0.3 is 0 Å². The van der Waals surface area contributed by atoms with Crippen LogP contribution in [0.15, 0.2) is 35.3 Å². The first-order chi connectivity index (χ1) is 12.5. The summed E-state index contributed by atoms with van der Waals surface area (Å²) >= 11 is 5.27. The number of anilines is 1. The predicted octanol–water partition coefficient (Wildman–Crippen LogP) is 2.55. The molecule has 1 aromatic carbocycles. The normalized spacial score (nSPS) is 11.0. The average molecular weight is 372 g/mol. The predicted molar refractivity (Wildman–Crippen MR) is 109 cm³/mol. The Bertz CT molecular complexity index is 773. The van der Waals surface area contributed by atoms with E-state index in [1.165, 1.54) is 0 Å². The van der Waals surface area contributed by atoms with Crippen LogP contribution < -0.4 is 20.7 Å². The minimum Gasteiger partial charge on any atom is -0.496 e. The molecular weight excluding hydrogens is 348 g/mol. The molecule has 0 saturated carbocycles. The van der Waals surface area contributed by atoms with E-state index in [-0.39, 0.29) is 0 Å². The van der Waals surface area contributed by atoms with Gasteiger partial charge in [-0.05, 0) is 45.1 Å². The standard InChI is InChI=1S/C18H24N6OS/c1-5-19-18(26)24-16(23-17-21-12(2)10-13(3)22-17)20-11-14-8-6-7-9-15(14)25-4/h6-10H,5,11H2,1-4H3,(H3,19,20,21,22,23,24,26). The van der Waals surface area contributed by atoms with E-state index in [4.69, 9.17) is 17.0 Å². The van der Waals surface area contributed by atoms with Gasteiger partial charge in [0.1, 0.15) is 5.75 Å². The molecule has 3 N–H and O–H groups in total. The van der Waals surface area contributed by atoms with E-state index in [1.807, 2.05) is 51.1 Å². The van der Waals surface area contributed by atoms with Crippen LogP contribution >= 0.6 is 12.2 Å². The number of rotatable bonds is 5. The number of aromatic nitrogens is 2. The summed E-state index contributed by atoms with van der Waals surface area (Å²) in [6, 6.07) is 9.66. The molecule has 0 unspecified atom stereocenters. The third kappa shape index (κ3) is 5.96. The molecule has 1 heterocycles. The second-order valence-corrected chi connectivity index (χ2v) is 5.97. The van der Waals surface area contributed by atoms with Gasteiger partial charge in [0.25, 0.3) is 0 Å². The number of aryl methyl sites for hydroxylation is 2. The summed E-state index contributed by atoms with van der Waals surface area (Å²) in [4.78, 5) is 13.4. The summed E-state index contributed by atoms with van der Waals surface area (Å²) < 4.78 is 5.37. The molecule has 2 aromatic rings. The van der Waals surface area contributed by atoms with Crippen LogP contribution in [-0.4, -0.2) is 34.7 Å². The third-order valence-electron chi connectivity index (χ3n) is 3.38. The molecule has 0 bridgehead atoms. The minimum atomic E-state index is 0.416. The molecule has 0 radical (unpaired) electrons. The lowest BCUT2D eigenvalue weighted by molar-refractivity contribution is 0.410. The maximum Gasteiger partial charge on any atom is 0.229 e. The Kier molecular flexibility index (Phi) is 7.28. The zero-order valence-electron chi connectivity index (χ0n) is 15.5. The van der Waals surface area contributed by atoms with E-state index < -0.39 is 0 Å². The molecular formula is C18H24N6OS. The number of guanidine groups is 1. The summed E-state index contributed by atoms with van der Waals surface area (Å²) in [5.74, 6) is 1.72. The Morgan fingerprint density at radius 2 is 1.88 bits per heavy atom. The van der Waals surface area contributed by atoms with Crippen molar-refractivity contribution in [1.82, 2.24) is 20.6 Å². The van der Waals surface area contributed by atoms with Crippen molar-refractivity contribution in [1.29, 1.82) is 0 Å². The largest absolute Gasteiger partial charge is 0.496 e. The van der Waals surface area contributed by atoms with Crippen LogP contribution in [0.3, 0.4) is 0 Å². The molecule has 0 aliphatic carbocycles. The van der Waals surface area contributed by atoms with Gasteiger partial charge in [-0.15, -0.1) is 0 Å². The van der Waals surface area contributed by atoms with Crippen LogP contribution in [0, 0.1) is 13.8 Å². The zero-order valence-corrected chi connectivity index (χ0v) is 16.3. The van der Waals surface area contributed by atoms with E-state index in [2.05, 4.69) is 30.9 Å². The van der Waals surface area contributed by atoms with Crippen molar-refractivity contribution in [3.63, 3.8) is 0 Å². The fraction of sp³-hybridized carbons (Fsp3) is 0.333. The Morgan fingerprint density at radius 1 is 1.19 bits per heavy atom. The fourth-order valence-electron chi connectivity index (χ4n) is 2.31. The van der Waals surface area contributed by atoms with Gasteiger partial charge in [-0.2, -0.15) is 0 Å². The van der Waals surface area contributed by atoms with E-state index in [1.54, 1.807) is 7.11 Å². The van der Waals surface area contributed by atoms with Crippen LogP contribution in [-0.2, 0) is 6.54 Å². The first kappa shape index (κ1) is 19.6. The quantitative estimate of drug-likeness (QED) is 0.423. The van der Waals surface area contributed by atoms with Crippen LogP contribution in [0.5, 0.6) is 5.75 Å². The first-order valence-corrected chi connectivity index (χ1v) is 8.73. The number of benzene rings is 1. The molecule has 0 amide bonds. The second-order valence-electron chi connectivity index (χ2n) is 5.56. The number of hydrogen-bond donors (Lipinski definition) is 3. The lowest BCUT2D eigenvalue weighted by atomic mass is 10.2. The Hall–Kier alpha value is -2.74. The van der Waals surface area contributed by atoms with Crippen molar-refractivity contribution >= 4 is 29.2 Å². The van der Waals surface area contributed by atoms with Crippen molar-refractivity contribution in [3.8, 4) is 5.75 Å². The van der Waals surface area contributed by atoms with Crippen molar-refractivity contribution in [2.24, 2.45) is 4.99 Å². The molecule has 0 atom stereocenters. The molecule has 0 spiro atoms. The molecule has 7 nitrogen and oxygen atoms in total. The molecule has 1 aromatic heterocycles. The number of methoxy groups -OCH3 is 1. The number of para-hydroxylation sites is 1. The second kappa shape index (κ2) is 9.67. The van der Waals surface area contributed by atoms with E-state index in [9.17, 15) is 0 Å². The number of nitrogens with one attached hydrogen (secondary N) is 3. The number of ether oxygens (including phenoxy) is 1. The summed E-state index contributed by atoms with van der Waals surface area (Å²) in [5, 5.41) is 9.67. The van der Waals surface area contributed by atoms with Gasteiger partial charge in [0.2, 0.25) is 11.9 Å². The van der Waals surface area contributed by atoms with Crippen molar-refractivity contribution in [2.75, 3.05) is 19.0 Å². The van der Waals surface area contributed by atoms with E-state index >= 15 is 0 Å². The molecule has 8 heteroatoms. The molecule has 0 fully saturated rings. The smallest absolute Gasteiger partial charge is 0.229 e. The van der Waals surface area contributed by atoms with E-state index in [0.717, 1.165) is 22.7 Å². The fourth-order valence-corrected chi connectivity index (χ4v) is 2.55. The van der Waals surface area contributed by atoms with Gasteiger partial charge in [-0.1, -0.05) is 18.2 Å². The summed E-state index contributed by atoms with van der Waals surface area (Å²) in [6.45, 7) is 6.94. The van der Waals surface area contributed by atoms with Crippen LogP contribution in [0.4, 0.5) is 5.95 Å². The highest BCUT2D eigenvalue weighted by atomic mass is 32.1. The SMILES string of the molecule is CCNC(=S)NC(=NCc1ccccc1OC)Nc1nc(C)cc(C)n1. The Labute approximate surface area is 159 Å². The van der Waals surface area contributed by atoms with Gasteiger partial charge in [-0.25, -0.2) is 15.0 Å². The zero-order chi connectivity index (χ0) is 18.9. The number of nitrogens with zero attached hydrogens (tertiary/aromatic N) is 3. The monoisotopic (exact) mass is 372 g/mol. The van der Waals surface area contributed by atoms with Gasteiger partial charge in [0.05, 0.1) is 13.7 Å². The number of thiocarbonyl (C=S) groups is 1. The lowest BCUT2D eigenvalue weighted by Crippen LogP contribution is -2.42. The molecule has 138 valence electrons. The summed E-state index contributed by atoms with van der Waals surface area (Å²) in [6.07, 6.45) is 0. The molecule has 0 aliphatic rings. The Morgan fingerprint density at radius 3 is 2.54 bits per heavy atom. The minimum absolute atomic E-state index is 0.416. The number of hydrogen-bond acceptors (Lipinski definition) is 5. The first-order valence-electron chi connectivity index (χ1n) is 8.32. The van der Waals surface area contributed by atoms with Gasteiger partial charge in [0.15, 0.2) is 5.11 Å². The van der Waals surface area contributed by atoms with Crippen LogP contribution in [0.2, 0.25) is 0 Å². The molecule has 26 heavy (non-hydrogen) atoms. The molecule has 2 rings (SSSR count). The lowest BCUT2D eigenvalue weighted by Gasteiger charge is -2.14. The molecule has 0 saturated heterocycles. The maximum atomic E-state index is 5.37. The summed E-state index contributed by atoms with van der Waals surface area (Å²) in [5.41, 5.74) is 2.71. The summed E-state index contributed by atoms with van der Waals surface area (Å²) in [7, 11) is 1.64. The number of aliphatic imine (C=N–C) groups is 1. The average Bonchev–Trinajstić information content (AvgIpc) is 2.59. The maximum absolute atomic E-state index is 5.37. The topological polar surface area (TPSA) is 83.5 Å². The highest BCUT2D eigenvalue weighted by Gasteiger charge is 2.07. The van der Waals surface area contributed by atoms with Gasteiger partial charge < -0.3 is 15.4 Å².